The molecule has 0 aliphatic heterocycles. The second kappa shape index (κ2) is 3.53. The summed E-state index contributed by atoms with van der Waals surface area (Å²) in [5.74, 6) is -2.20. The maximum atomic E-state index is 10.6. The molecule has 6 heteroatoms. The number of aliphatic carboxylic acids is 1. The molecule has 0 unspecified atom stereocenters. The van der Waals surface area contributed by atoms with Gasteiger partial charge >= 0.3 is 11.9 Å². The standard InChI is InChI=1S/C7H7NO4S/c1-3-8-4(2-5(9)10)6(13-3)7(11)12/h2H2,1H3,(H,9,10)(H,11,12). The van der Waals surface area contributed by atoms with Gasteiger partial charge in [-0.15, -0.1) is 11.3 Å². The molecule has 0 spiro atoms. The van der Waals surface area contributed by atoms with Crippen molar-refractivity contribution in [3.63, 3.8) is 0 Å². The summed E-state index contributed by atoms with van der Waals surface area (Å²) in [6.45, 7) is 1.64. The molecule has 70 valence electrons. The summed E-state index contributed by atoms with van der Waals surface area (Å²) in [4.78, 5) is 24.8. The Balaban J connectivity index is 3.04. The van der Waals surface area contributed by atoms with Gasteiger partial charge in [0.05, 0.1) is 17.1 Å². The Morgan fingerprint density at radius 3 is 2.54 bits per heavy atom. The lowest BCUT2D eigenvalue weighted by Gasteiger charge is -1.91. The third-order valence-electron chi connectivity index (χ3n) is 1.32. The third-order valence-corrected chi connectivity index (χ3v) is 2.32. The molecule has 1 aromatic heterocycles. The van der Waals surface area contributed by atoms with Crippen LogP contribution in [-0.4, -0.2) is 27.1 Å². The predicted octanol–water partition coefficient (Wildman–Crippen LogP) is 0.777. The van der Waals surface area contributed by atoms with E-state index in [1.807, 2.05) is 0 Å². The van der Waals surface area contributed by atoms with Gasteiger partial charge in [-0.1, -0.05) is 0 Å². The van der Waals surface area contributed by atoms with Crippen molar-refractivity contribution in [2.45, 2.75) is 13.3 Å². The molecule has 0 bridgehead atoms. The maximum Gasteiger partial charge on any atom is 0.347 e. The van der Waals surface area contributed by atoms with Crippen LogP contribution in [-0.2, 0) is 11.2 Å². The average molecular weight is 201 g/mol. The molecular formula is C7H7NO4S. The van der Waals surface area contributed by atoms with Crippen LogP contribution >= 0.6 is 11.3 Å². The molecule has 1 aromatic rings. The molecule has 0 saturated carbocycles. The van der Waals surface area contributed by atoms with Crippen LogP contribution in [0.1, 0.15) is 20.4 Å². The van der Waals surface area contributed by atoms with Gasteiger partial charge in [-0.25, -0.2) is 9.78 Å². The van der Waals surface area contributed by atoms with E-state index in [4.69, 9.17) is 10.2 Å². The number of aryl methyl sites for hydroxylation is 1. The van der Waals surface area contributed by atoms with Gasteiger partial charge in [-0.05, 0) is 6.92 Å². The predicted molar refractivity (Wildman–Crippen MR) is 45.2 cm³/mol. The zero-order valence-electron chi connectivity index (χ0n) is 6.77. The van der Waals surface area contributed by atoms with E-state index in [9.17, 15) is 9.59 Å². The highest BCUT2D eigenvalue weighted by Crippen LogP contribution is 2.18. The van der Waals surface area contributed by atoms with Gasteiger partial charge in [0, 0.05) is 0 Å². The number of aromatic nitrogens is 1. The summed E-state index contributed by atoms with van der Waals surface area (Å²) in [7, 11) is 0. The number of carboxylic acid groups (broad SMARTS) is 2. The number of hydrogen-bond donors (Lipinski definition) is 2. The minimum absolute atomic E-state index is 0.0138. The lowest BCUT2D eigenvalue weighted by Crippen LogP contribution is -2.05. The fourth-order valence-electron chi connectivity index (χ4n) is 0.900. The van der Waals surface area contributed by atoms with Gasteiger partial charge in [-0.3, -0.25) is 4.79 Å². The van der Waals surface area contributed by atoms with Crippen molar-refractivity contribution in [1.82, 2.24) is 4.98 Å². The highest BCUT2D eigenvalue weighted by atomic mass is 32.1. The van der Waals surface area contributed by atoms with Gasteiger partial charge in [-0.2, -0.15) is 0 Å². The zero-order chi connectivity index (χ0) is 10.0. The van der Waals surface area contributed by atoms with Crippen molar-refractivity contribution < 1.29 is 19.8 Å². The van der Waals surface area contributed by atoms with Crippen LogP contribution < -0.4 is 0 Å². The minimum atomic E-state index is -1.12. The first-order valence-electron chi connectivity index (χ1n) is 3.42. The Hall–Kier alpha value is -1.43. The van der Waals surface area contributed by atoms with Gasteiger partial charge in [0.1, 0.15) is 4.88 Å². The lowest BCUT2D eigenvalue weighted by atomic mass is 10.3. The molecule has 0 saturated heterocycles. The Bertz CT molecular complexity index is 357. The first-order valence-corrected chi connectivity index (χ1v) is 4.23. The summed E-state index contributed by atoms with van der Waals surface area (Å²) in [6, 6.07) is 0. The van der Waals surface area contributed by atoms with Crippen LogP contribution in [0.5, 0.6) is 0 Å². The van der Waals surface area contributed by atoms with E-state index in [1.165, 1.54) is 0 Å². The molecule has 0 amide bonds. The number of carbonyl (C=O) groups is 2. The first-order chi connectivity index (χ1) is 6.00. The zero-order valence-corrected chi connectivity index (χ0v) is 7.59. The number of hydrogen-bond acceptors (Lipinski definition) is 4. The van der Waals surface area contributed by atoms with Crippen LogP contribution in [0.4, 0.5) is 0 Å². The Morgan fingerprint density at radius 2 is 2.08 bits per heavy atom. The number of thiazole rings is 1. The number of aromatic carboxylic acids is 1. The van der Waals surface area contributed by atoms with Gasteiger partial charge < -0.3 is 10.2 Å². The fourth-order valence-corrected chi connectivity index (χ4v) is 1.67. The molecule has 0 aliphatic rings. The smallest absolute Gasteiger partial charge is 0.347 e. The fraction of sp³-hybridized carbons (Fsp3) is 0.286. The maximum absolute atomic E-state index is 10.6. The van der Waals surface area contributed by atoms with Crippen molar-refractivity contribution >= 4 is 23.3 Å². The van der Waals surface area contributed by atoms with Crippen LogP contribution in [0.3, 0.4) is 0 Å². The van der Waals surface area contributed by atoms with E-state index in [2.05, 4.69) is 4.98 Å². The summed E-state index contributed by atoms with van der Waals surface area (Å²) in [5.41, 5.74) is 0.127. The lowest BCUT2D eigenvalue weighted by molar-refractivity contribution is -0.136. The molecule has 2 N–H and O–H groups in total. The Kier molecular flexibility index (Phi) is 2.62. The van der Waals surface area contributed by atoms with Gasteiger partial charge in [0.15, 0.2) is 0 Å². The topological polar surface area (TPSA) is 87.5 Å². The quantitative estimate of drug-likeness (QED) is 0.754. The summed E-state index contributed by atoms with van der Waals surface area (Å²) < 4.78 is 0. The summed E-state index contributed by atoms with van der Waals surface area (Å²) in [5, 5.41) is 17.7. The van der Waals surface area contributed by atoms with E-state index in [0.717, 1.165) is 11.3 Å². The van der Waals surface area contributed by atoms with Crippen molar-refractivity contribution in [2.75, 3.05) is 0 Å². The molecule has 0 aromatic carbocycles. The third kappa shape index (κ3) is 2.25. The van der Waals surface area contributed by atoms with Crippen LogP contribution in [0.15, 0.2) is 0 Å². The molecule has 0 atom stereocenters. The normalized spacial score (nSPS) is 9.92. The van der Waals surface area contributed by atoms with Crippen LogP contribution in [0, 0.1) is 6.92 Å². The first kappa shape index (κ1) is 9.66. The number of carboxylic acids is 2. The molecule has 5 nitrogen and oxygen atoms in total. The number of rotatable bonds is 3. The van der Waals surface area contributed by atoms with E-state index in [0.29, 0.717) is 5.01 Å². The highest BCUT2D eigenvalue weighted by Gasteiger charge is 2.17. The van der Waals surface area contributed by atoms with Gasteiger partial charge in [0.25, 0.3) is 0 Å². The molecule has 0 aliphatic carbocycles. The molecule has 13 heavy (non-hydrogen) atoms. The van der Waals surface area contributed by atoms with Crippen LogP contribution in [0.25, 0.3) is 0 Å². The SMILES string of the molecule is Cc1nc(CC(=O)O)c(C(=O)O)s1. The molecule has 1 heterocycles. The largest absolute Gasteiger partial charge is 0.481 e. The monoisotopic (exact) mass is 201 g/mol. The van der Waals surface area contributed by atoms with E-state index >= 15 is 0 Å². The average Bonchev–Trinajstić information content (AvgIpc) is 2.29. The highest BCUT2D eigenvalue weighted by molar-refractivity contribution is 7.13. The van der Waals surface area contributed by atoms with Crippen molar-refractivity contribution in [2.24, 2.45) is 0 Å². The van der Waals surface area contributed by atoms with E-state index < -0.39 is 11.9 Å². The van der Waals surface area contributed by atoms with E-state index in [1.54, 1.807) is 6.92 Å². The molecule has 0 radical (unpaired) electrons. The second-order valence-corrected chi connectivity index (χ2v) is 3.59. The second-order valence-electron chi connectivity index (χ2n) is 2.38. The summed E-state index contributed by atoms with van der Waals surface area (Å²) >= 11 is 0.990. The van der Waals surface area contributed by atoms with Gasteiger partial charge in [0.2, 0.25) is 0 Å². The molecular weight excluding hydrogens is 194 g/mol. The summed E-state index contributed by atoms with van der Waals surface area (Å²) in [6.07, 6.45) is -0.341. The Morgan fingerprint density at radius 1 is 1.46 bits per heavy atom. The van der Waals surface area contributed by atoms with E-state index in [-0.39, 0.29) is 17.0 Å². The van der Waals surface area contributed by atoms with Crippen molar-refractivity contribution in [1.29, 1.82) is 0 Å². The number of nitrogens with zero attached hydrogens (tertiary/aromatic N) is 1. The molecule has 0 fully saturated rings. The van der Waals surface area contributed by atoms with Crippen molar-refractivity contribution in [3.8, 4) is 0 Å². The molecule has 1 rings (SSSR count). The van der Waals surface area contributed by atoms with Crippen molar-refractivity contribution in [3.05, 3.63) is 15.6 Å². The Labute approximate surface area is 77.7 Å². The van der Waals surface area contributed by atoms with Crippen LogP contribution in [0.2, 0.25) is 0 Å². The minimum Gasteiger partial charge on any atom is -0.481 e.